The van der Waals surface area contributed by atoms with Crippen molar-refractivity contribution in [2.24, 2.45) is 5.92 Å². The molecule has 0 bridgehead atoms. The zero-order valence-electron chi connectivity index (χ0n) is 22.4. The van der Waals surface area contributed by atoms with Gasteiger partial charge in [-0.2, -0.15) is 4.98 Å². The maximum absolute atomic E-state index is 10.6. The fraction of sp³-hybridized carbons (Fsp3) is 0.235. The fourth-order valence-electron chi connectivity index (χ4n) is 5.32. The van der Waals surface area contributed by atoms with E-state index in [-0.39, 0.29) is 5.75 Å². The third-order valence-electron chi connectivity index (χ3n) is 7.52. The molecule has 4 aromatic carbocycles. The van der Waals surface area contributed by atoms with Crippen LogP contribution in [0.2, 0.25) is 0 Å². The number of para-hydroxylation sites is 2. The van der Waals surface area contributed by atoms with Crippen molar-refractivity contribution in [1.29, 1.82) is 0 Å². The number of unbranched alkanes of at least 4 members (excludes halogenated alkanes) is 1. The highest BCUT2D eigenvalue weighted by molar-refractivity contribution is 6.21. The van der Waals surface area contributed by atoms with Crippen LogP contribution in [-0.2, 0) is 0 Å². The summed E-state index contributed by atoms with van der Waals surface area (Å²) >= 11 is 0. The Morgan fingerprint density at radius 1 is 0.795 bits per heavy atom. The molecule has 0 fully saturated rings. The number of fused-ring (bicyclic) bond motifs is 5. The lowest BCUT2D eigenvalue weighted by Gasteiger charge is -2.16. The Balaban J connectivity index is 1.53. The molecule has 0 spiro atoms. The van der Waals surface area contributed by atoms with E-state index < -0.39 is 0 Å². The second kappa shape index (κ2) is 10.8. The molecule has 1 atom stereocenters. The first-order chi connectivity index (χ1) is 19.2. The van der Waals surface area contributed by atoms with E-state index in [0.29, 0.717) is 29.8 Å². The van der Waals surface area contributed by atoms with Crippen LogP contribution in [0.15, 0.2) is 89.3 Å². The number of phenolic OH excluding ortho intramolecular Hbond substituents is 1. The van der Waals surface area contributed by atoms with Gasteiger partial charge in [0.05, 0.1) is 17.9 Å². The van der Waals surface area contributed by atoms with Crippen LogP contribution in [0.1, 0.15) is 39.5 Å². The van der Waals surface area contributed by atoms with Crippen molar-refractivity contribution in [3.63, 3.8) is 0 Å². The monoisotopic (exact) mass is 516 g/mol. The number of rotatable bonds is 9. The summed E-state index contributed by atoms with van der Waals surface area (Å²) in [5.74, 6) is 1.52. The minimum absolute atomic E-state index is 0.132. The van der Waals surface area contributed by atoms with Gasteiger partial charge in [0, 0.05) is 22.4 Å². The first-order valence-electron chi connectivity index (χ1n) is 13.8. The van der Waals surface area contributed by atoms with Crippen LogP contribution in [0.4, 0.5) is 0 Å². The lowest BCUT2D eigenvalue weighted by Crippen LogP contribution is -2.12. The lowest BCUT2D eigenvalue weighted by atomic mass is 9.97. The molecule has 1 unspecified atom stereocenters. The van der Waals surface area contributed by atoms with E-state index in [4.69, 9.17) is 19.1 Å². The van der Waals surface area contributed by atoms with Gasteiger partial charge in [0.2, 0.25) is 5.88 Å². The molecular formula is C34H32N2O3. The summed E-state index contributed by atoms with van der Waals surface area (Å²) in [5, 5.41) is 15.0. The molecule has 5 nitrogen and oxygen atoms in total. The molecule has 0 radical (unpaired) electrons. The molecule has 2 heterocycles. The van der Waals surface area contributed by atoms with Gasteiger partial charge in [-0.05, 0) is 47.4 Å². The predicted octanol–water partition coefficient (Wildman–Crippen LogP) is 9.16. The van der Waals surface area contributed by atoms with E-state index >= 15 is 0 Å². The average Bonchev–Trinajstić information content (AvgIpc) is 3.36. The molecule has 0 aliphatic carbocycles. The van der Waals surface area contributed by atoms with Crippen LogP contribution in [0.5, 0.6) is 11.6 Å². The summed E-state index contributed by atoms with van der Waals surface area (Å²) < 4.78 is 12.6. The Kier molecular flexibility index (Phi) is 6.89. The standard InChI is InChI=1S/C34H32N2O3/c1-3-5-12-22(4-2)21-38-32-20-28(35-34(36-32)25-15-8-10-17-29(25)37)27-19-31-33(24-14-7-6-13-23(24)27)26-16-9-11-18-30(26)39-31/h6-11,13-20,22,37H,3-5,12,21H2,1-2H3. The number of phenols is 1. The van der Waals surface area contributed by atoms with E-state index in [9.17, 15) is 5.11 Å². The van der Waals surface area contributed by atoms with E-state index in [1.54, 1.807) is 12.1 Å². The van der Waals surface area contributed by atoms with Gasteiger partial charge in [-0.3, -0.25) is 0 Å². The van der Waals surface area contributed by atoms with Crippen LogP contribution in [0.3, 0.4) is 0 Å². The Labute approximate surface area is 228 Å². The summed E-state index contributed by atoms with van der Waals surface area (Å²) in [6, 6.07) is 27.6. The zero-order chi connectivity index (χ0) is 26.8. The summed E-state index contributed by atoms with van der Waals surface area (Å²) in [5.41, 5.74) is 3.88. The molecule has 2 aromatic heterocycles. The Morgan fingerprint density at radius 2 is 1.54 bits per heavy atom. The van der Waals surface area contributed by atoms with Gasteiger partial charge in [-0.25, -0.2) is 4.98 Å². The van der Waals surface area contributed by atoms with Gasteiger partial charge in [-0.15, -0.1) is 0 Å². The van der Waals surface area contributed by atoms with E-state index in [0.717, 1.165) is 56.8 Å². The van der Waals surface area contributed by atoms with Gasteiger partial charge in [0.25, 0.3) is 0 Å². The van der Waals surface area contributed by atoms with Gasteiger partial charge in [-0.1, -0.05) is 87.7 Å². The number of benzene rings is 4. The molecule has 196 valence electrons. The Morgan fingerprint density at radius 3 is 2.33 bits per heavy atom. The minimum atomic E-state index is 0.132. The summed E-state index contributed by atoms with van der Waals surface area (Å²) in [7, 11) is 0. The maximum Gasteiger partial charge on any atom is 0.217 e. The van der Waals surface area contributed by atoms with Crippen molar-refractivity contribution in [2.45, 2.75) is 39.5 Å². The molecule has 1 N–H and O–H groups in total. The first kappa shape index (κ1) is 24.9. The minimum Gasteiger partial charge on any atom is -0.507 e. The second-order valence-electron chi connectivity index (χ2n) is 10.1. The number of aromatic hydroxyl groups is 1. The normalized spacial score (nSPS) is 12.4. The van der Waals surface area contributed by atoms with Crippen LogP contribution in [-0.4, -0.2) is 21.7 Å². The topological polar surface area (TPSA) is 68.4 Å². The van der Waals surface area contributed by atoms with E-state index in [1.165, 1.54) is 12.8 Å². The lowest BCUT2D eigenvalue weighted by molar-refractivity contribution is 0.226. The molecule has 0 saturated carbocycles. The number of ether oxygens (including phenoxy) is 1. The molecule has 0 amide bonds. The quantitative estimate of drug-likeness (QED) is 0.207. The van der Waals surface area contributed by atoms with Crippen LogP contribution in [0, 0.1) is 5.92 Å². The van der Waals surface area contributed by atoms with Crippen molar-refractivity contribution < 1.29 is 14.3 Å². The Hall–Kier alpha value is -4.38. The first-order valence-corrected chi connectivity index (χ1v) is 13.8. The summed E-state index contributed by atoms with van der Waals surface area (Å²) in [4.78, 5) is 9.69. The third-order valence-corrected chi connectivity index (χ3v) is 7.52. The smallest absolute Gasteiger partial charge is 0.217 e. The molecule has 39 heavy (non-hydrogen) atoms. The van der Waals surface area contributed by atoms with Crippen LogP contribution in [0.25, 0.3) is 55.4 Å². The van der Waals surface area contributed by atoms with Crippen LogP contribution < -0.4 is 4.74 Å². The third kappa shape index (κ3) is 4.81. The molecule has 6 rings (SSSR count). The summed E-state index contributed by atoms with van der Waals surface area (Å²) in [6.07, 6.45) is 4.54. The van der Waals surface area contributed by atoms with Crippen molar-refractivity contribution in [3.8, 4) is 34.3 Å². The second-order valence-corrected chi connectivity index (χ2v) is 10.1. The highest BCUT2D eigenvalue weighted by Gasteiger charge is 2.19. The van der Waals surface area contributed by atoms with Gasteiger partial charge >= 0.3 is 0 Å². The summed E-state index contributed by atoms with van der Waals surface area (Å²) in [6.45, 7) is 5.01. The predicted molar refractivity (Wildman–Crippen MR) is 158 cm³/mol. The highest BCUT2D eigenvalue weighted by Crippen LogP contribution is 2.40. The number of aromatic nitrogens is 2. The number of furan rings is 1. The number of nitrogens with zero attached hydrogens (tertiary/aromatic N) is 2. The van der Waals surface area contributed by atoms with E-state index in [2.05, 4.69) is 44.2 Å². The molecule has 0 aliphatic rings. The van der Waals surface area contributed by atoms with Crippen molar-refractivity contribution in [3.05, 3.63) is 84.9 Å². The molecule has 6 aromatic rings. The van der Waals surface area contributed by atoms with Gasteiger partial charge < -0.3 is 14.3 Å². The largest absolute Gasteiger partial charge is 0.507 e. The highest BCUT2D eigenvalue weighted by atomic mass is 16.5. The zero-order valence-corrected chi connectivity index (χ0v) is 22.4. The van der Waals surface area contributed by atoms with Gasteiger partial charge in [0.1, 0.15) is 16.9 Å². The van der Waals surface area contributed by atoms with Gasteiger partial charge in [0.15, 0.2) is 5.82 Å². The molecule has 0 saturated heterocycles. The average molecular weight is 517 g/mol. The Bertz CT molecular complexity index is 1770. The van der Waals surface area contributed by atoms with Crippen LogP contribution >= 0.6 is 0 Å². The number of hydrogen-bond acceptors (Lipinski definition) is 5. The maximum atomic E-state index is 10.6. The molecule has 5 heteroatoms. The SMILES string of the molecule is CCCCC(CC)COc1cc(-c2cc3oc4ccccc4c3c3ccccc23)nc(-c2ccccc2O)n1. The molecular weight excluding hydrogens is 484 g/mol. The van der Waals surface area contributed by atoms with E-state index in [1.807, 2.05) is 42.5 Å². The fourth-order valence-corrected chi connectivity index (χ4v) is 5.32. The van der Waals surface area contributed by atoms with Crippen molar-refractivity contribution in [2.75, 3.05) is 6.61 Å². The van der Waals surface area contributed by atoms with Crippen molar-refractivity contribution in [1.82, 2.24) is 9.97 Å². The number of hydrogen-bond donors (Lipinski definition) is 1. The molecule has 0 aliphatic heterocycles. The van der Waals surface area contributed by atoms with Crippen molar-refractivity contribution >= 4 is 32.7 Å².